The molecule has 1 saturated carbocycles. The van der Waals surface area contributed by atoms with E-state index in [-0.39, 0.29) is 29.7 Å². The summed E-state index contributed by atoms with van der Waals surface area (Å²) in [6.45, 7) is 1.73. The van der Waals surface area contributed by atoms with Crippen molar-refractivity contribution >= 4 is 5.91 Å². The lowest BCUT2D eigenvalue weighted by molar-refractivity contribution is 0.0232. The molecule has 0 saturated heterocycles. The Labute approximate surface area is 122 Å². The molecule has 1 atom stereocenters. The number of nitrogens with one attached hydrogen (secondary N) is 1. The molecule has 0 bridgehead atoms. The van der Waals surface area contributed by atoms with Gasteiger partial charge in [0.1, 0.15) is 0 Å². The molecule has 1 aliphatic rings. The van der Waals surface area contributed by atoms with Gasteiger partial charge in [-0.05, 0) is 25.7 Å². The van der Waals surface area contributed by atoms with Gasteiger partial charge in [-0.15, -0.1) is 0 Å². The Hall–Kier alpha value is -2.15. The fraction of sp³-hybridized carbons (Fsp3) is 0.500. The standard InChI is InChI=1S/C14H18N4O3/c1-8-13(21-7-15-8)14(20)17-12(9-3-11(19)4-9)10-5-16-18(2)6-10/h5-7,9,11-12,19H,3-4H2,1-2H3,(H,17,20)/t9?,11?,12-/m1/s1. The van der Waals surface area contributed by atoms with E-state index in [0.717, 1.165) is 5.56 Å². The van der Waals surface area contributed by atoms with Crippen LogP contribution in [0.4, 0.5) is 0 Å². The molecule has 21 heavy (non-hydrogen) atoms. The smallest absolute Gasteiger partial charge is 0.289 e. The van der Waals surface area contributed by atoms with Crippen molar-refractivity contribution in [3.05, 3.63) is 35.8 Å². The van der Waals surface area contributed by atoms with Crippen molar-refractivity contribution in [2.24, 2.45) is 13.0 Å². The topological polar surface area (TPSA) is 93.2 Å². The molecule has 2 aromatic rings. The number of carbonyl (C=O) groups excluding carboxylic acids is 1. The normalized spacial score (nSPS) is 22.6. The molecule has 1 fully saturated rings. The Morgan fingerprint density at radius 3 is 2.86 bits per heavy atom. The summed E-state index contributed by atoms with van der Waals surface area (Å²) in [7, 11) is 1.83. The monoisotopic (exact) mass is 290 g/mol. The van der Waals surface area contributed by atoms with Gasteiger partial charge >= 0.3 is 0 Å². The fourth-order valence-corrected chi connectivity index (χ4v) is 2.70. The Bertz CT molecular complexity index is 642. The molecule has 3 rings (SSSR count). The van der Waals surface area contributed by atoms with E-state index in [1.165, 1.54) is 6.39 Å². The summed E-state index contributed by atoms with van der Waals surface area (Å²) in [5, 5.41) is 16.6. The average Bonchev–Trinajstić information content (AvgIpc) is 3.01. The van der Waals surface area contributed by atoms with Crippen LogP contribution in [0.25, 0.3) is 0 Å². The van der Waals surface area contributed by atoms with E-state index >= 15 is 0 Å². The number of hydrogen-bond acceptors (Lipinski definition) is 5. The second kappa shape index (κ2) is 5.33. The van der Waals surface area contributed by atoms with Crippen LogP contribution >= 0.6 is 0 Å². The minimum atomic E-state index is -0.291. The molecule has 0 radical (unpaired) electrons. The summed E-state index contributed by atoms with van der Waals surface area (Å²) in [6.07, 6.45) is 5.95. The zero-order valence-electron chi connectivity index (χ0n) is 12.0. The molecule has 112 valence electrons. The quantitative estimate of drug-likeness (QED) is 0.874. The van der Waals surface area contributed by atoms with Gasteiger partial charge < -0.3 is 14.8 Å². The van der Waals surface area contributed by atoms with E-state index in [2.05, 4.69) is 15.4 Å². The fourth-order valence-electron chi connectivity index (χ4n) is 2.70. The number of nitrogens with zero attached hydrogens (tertiary/aromatic N) is 3. The molecule has 0 spiro atoms. The summed E-state index contributed by atoms with van der Waals surface area (Å²) < 4.78 is 6.82. The highest BCUT2D eigenvalue weighted by Crippen LogP contribution is 2.38. The van der Waals surface area contributed by atoms with E-state index in [0.29, 0.717) is 18.5 Å². The Morgan fingerprint density at radius 1 is 1.57 bits per heavy atom. The molecule has 2 N–H and O–H groups in total. The van der Waals surface area contributed by atoms with E-state index in [9.17, 15) is 9.90 Å². The van der Waals surface area contributed by atoms with E-state index in [4.69, 9.17) is 4.42 Å². The Kier molecular flexibility index (Phi) is 3.50. The van der Waals surface area contributed by atoms with Crippen molar-refractivity contribution < 1.29 is 14.3 Å². The molecule has 0 unspecified atom stereocenters. The summed E-state index contributed by atoms with van der Waals surface area (Å²) in [5.74, 6) is 0.139. The van der Waals surface area contributed by atoms with Gasteiger partial charge in [-0.3, -0.25) is 9.48 Å². The minimum Gasteiger partial charge on any atom is -0.438 e. The van der Waals surface area contributed by atoms with Crippen LogP contribution in [-0.2, 0) is 7.05 Å². The molecular formula is C14H18N4O3. The second-order valence-corrected chi connectivity index (χ2v) is 5.55. The molecule has 2 heterocycles. The number of aliphatic hydroxyl groups excluding tert-OH is 1. The first-order valence-corrected chi connectivity index (χ1v) is 6.92. The number of aromatic nitrogens is 3. The number of hydrogen-bond donors (Lipinski definition) is 2. The third kappa shape index (κ3) is 2.69. The van der Waals surface area contributed by atoms with E-state index in [1.54, 1.807) is 17.8 Å². The summed E-state index contributed by atoms with van der Waals surface area (Å²) in [6, 6.07) is -0.181. The minimum absolute atomic E-state index is 0.181. The predicted octanol–water partition coefficient (Wildman–Crippen LogP) is 0.959. The number of amides is 1. The third-order valence-corrected chi connectivity index (χ3v) is 3.94. The van der Waals surface area contributed by atoms with Crippen LogP contribution in [0.2, 0.25) is 0 Å². The summed E-state index contributed by atoms with van der Waals surface area (Å²) >= 11 is 0. The molecule has 1 amide bonds. The SMILES string of the molecule is Cc1ncoc1C(=O)N[C@@H](c1cnn(C)c1)C1CC(O)C1. The van der Waals surface area contributed by atoms with Crippen molar-refractivity contribution in [3.63, 3.8) is 0 Å². The van der Waals surface area contributed by atoms with Gasteiger partial charge in [0.25, 0.3) is 5.91 Å². The van der Waals surface area contributed by atoms with Crippen LogP contribution in [0, 0.1) is 12.8 Å². The highest BCUT2D eigenvalue weighted by atomic mass is 16.3. The highest BCUT2D eigenvalue weighted by molar-refractivity contribution is 5.92. The van der Waals surface area contributed by atoms with Gasteiger partial charge in [0.2, 0.25) is 5.76 Å². The van der Waals surface area contributed by atoms with Gasteiger partial charge in [-0.25, -0.2) is 4.98 Å². The maximum atomic E-state index is 12.3. The lowest BCUT2D eigenvalue weighted by Gasteiger charge is -2.37. The van der Waals surface area contributed by atoms with Crippen molar-refractivity contribution in [1.29, 1.82) is 0 Å². The maximum Gasteiger partial charge on any atom is 0.289 e. The molecule has 1 aliphatic carbocycles. The second-order valence-electron chi connectivity index (χ2n) is 5.55. The number of rotatable bonds is 4. The first kappa shape index (κ1) is 13.8. The molecule has 0 aromatic carbocycles. The van der Waals surface area contributed by atoms with Crippen LogP contribution in [0.3, 0.4) is 0 Å². The first-order chi connectivity index (χ1) is 10.0. The Morgan fingerprint density at radius 2 is 2.33 bits per heavy atom. The van der Waals surface area contributed by atoms with Gasteiger partial charge in [0, 0.05) is 18.8 Å². The third-order valence-electron chi connectivity index (χ3n) is 3.94. The van der Waals surface area contributed by atoms with Crippen LogP contribution in [0.15, 0.2) is 23.2 Å². The van der Waals surface area contributed by atoms with Crippen molar-refractivity contribution in [2.75, 3.05) is 0 Å². The summed E-state index contributed by atoms with van der Waals surface area (Å²) in [5.41, 5.74) is 1.49. The zero-order valence-corrected chi connectivity index (χ0v) is 12.0. The van der Waals surface area contributed by atoms with Crippen LogP contribution < -0.4 is 5.32 Å². The Balaban J connectivity index is 1.79. The van der Waals surface area contributed by atoms with Crippen LogP contribution in [0.5, 0.6) is 0 Å². The lowest BCUT2D eigenvalue weighted by atomic mass is 9.75. The van der Waals surface area contributed by atoms with Crippen molar-refractivity contribution in [1.82, 2.24) is 20.1 Å². The van der Waals surface area contributed by atoms with Gasteiger partial charge in [-0.2, -0.15) is 5.10 Å². The molecule has 7 heteroatoms. The number of carbonyl (C=O) groups is 1. The lowest BCUT2D eigenvalue weighted by Crippen LogP contribution is -2.41. The number of oxazole rings is 1. The van der Waals surface area contributed by atoms with Crippen molar-refractivity contribution in [3.8, 4) is 0 Å². The number of aliphatic hydroxyl groups is 1. The highest BCUT2D eigenvalue weighted by Gasteiger charge is 2.36. The maximum absolute atomic E-state index is 12.3. The zero-order chi connectivity index (χ0) is 15.0. The first-order valence-electron chi connectivity index (χ1n) is 6.92. The van der Waals surface area contributed by atoms with Crippen LogP contribution in [0.1, 0.15) is 40.7 Å². The number of aryl methyl sites for hydroxylation is 2. The van der Waals surface area contributed by atoms with Crippen LogP contribution in [-0.4, -0.2) is 31.9 Å². The van der Waals surface area contributed by atoms with Gasteiger partial charge in [0.15, 0.2) is 6.39 Å². The van der Waals surface area contributed by atoms with Gasteiger partial charge in [0.05, 0.1) is 24.0 Å². The predicted molar refractivity (Wildman–Crippen MR) is 73.4 cm³/mol. The summed E-state index contributed by atoms with van der Waals surface area (Å²) in [4.78, 5) is 16.2. The molecule has 2 aromatic heterocycles. The average molecular weight is 290 g/mol. The largest absolute Gasteiger partial charge is 0.438 e. The van der Waals surface area contributed by atoms with Gasteiger partial charge in [-0.1, -0.05) is 0 Å². The van der Waals surface area contributed by atoms with E-state index in [1.807, 2.05) is 13.2 Å². The molecule has 0 aliphatic heterocycles. The van der Waals surface area contributed by atoms with E-state index < -0.39 is 0 Å². The molecular weight excluding hydrogens is 272 g/mol. The van der Waals surface area contributed by atoms with Crippen molar-refractivity contribution in [2.45, 2.75) is 31.9 Å². The molecule has 7 nitrogen and oxygen atoms in total.